The van der Waals surface area contributed by atoms with Crippen molar-refractivity contribution < 1.29 is 4.79 Å². The van der Waals surface area contributed by atoms with E-state index in [1.54, 1.807) is 36.5 Å². The van der Waals surface area contributed by atoms with Gasteiger partial charge in [0.1, 0.15) is 0 Å². The summed E-state index contributed by atoms with van der Waals surface area (Å²) >= 11 is 0. The molecule has 0 aliphatic heterocycles. The van der Waals surface area contributed by atoms with Gasteiger partial charge in [0.05, 0.1) is 6.04 Å². The van der Waals surface area contributed by atoms with Crippen molar-refractivity contribution in [1.29, 1.82) is 0 Å². The predicted molar refractivity (Wildman–Crippen MR) is 65.1 cm³/mol. The maximum Gasteiger partial charge on any atom is 0.243 e. The first-order valence-electron chi connectivity index (χ1n) is 5.51. The predicted octanol–water partition coefficient (Wildman–Crippen LogP) is 1.42. The van der Waals surface area contributed by atoms with Crippen molar-refractivity contribution in [3.05, 3.63) is 24.5 Å². The summed E-state index contributed by atoms with van der Waals surface area (Å²) in [4.78, 5) is 17.5. The number of nitrogens with zero attached hydrogens (tertiary/aromatic N) is 2. The normalized spacial score (nSPS) is 14.2. The molecule has 0 fully saturated rings. The smallest absolute Gasteiger partial charge is 0.243 e. The first kappa shape index (κ1) is 12.6. The van der Waals surface area contributed by atoms with Crippen LogP contribution in [0.5, 0.6) is 0 Å². The van der Waals surface area contributed by atoms with Gasteiger partial charge in [-0.15, -0.1) is 0 Å². The summed E-state index contributed by atoms with van der Waals surface area (Å²) in [6.07, 6.45) is 4.22. The molecule has 2 unspecified atom stereocenters. The van der Waals surface area contributed by atoms with Gasteiger partial charge in [-0.1, -0.05) is 20.3 Å². The number of hydrogen-bond acceptors (Lipinski definition) is 3. The molecule has 1 heterocycles. The Morgan fingerprint density at radius 1 is 1.50 bits per heavy atom. The number of carbonyl (C=O) groups is 1. The molecule has 16 heavy (non-hydrogen) atoms. The SMILES string of the molecule is CCC(C)C(N)C(=O)N(C)c1ccncc1. The van der Waals surface area contributed by atoms with Crippen molar-refractivity contribution in [1.82, 2.24) is 4.98 Å². The minimum atomic E-state index is -0.442. The lowest BCUT2D eigenvalue weighted by atomic mass is 9.99. The van der Waals surface area contributed by atoms with Gasteiger partial charge < -0.3 is 10.6 Å². The van der Waals surface area contributed by atoms with Crippen molar-refractivity contribution in [3.8, 4) is 0 Å². The largest absolute Gasteiger partial charge is 0.320 e. The van der Waals surface area contributed by atoms with Gasteiger partial charge in [-0.2, -0.15) is 0 Å². The first-order valence-corrected chi connectivity index (χ1v) is 5.51. The van der Waals surface area contributed by atoms with E-state index < -0.39 is 6.04 Å². The molecule has 1 aromatic heterocycles. The van der Waals surface area contributed by atoms with Crippen LogP contribution in [0.3, 0.4) is 0 Å². The zero-order chi connectivity index (χ0) is 12.1. The van der Waals surface area contributed by atoms with E-state index in [0.29, 0.717) is 0 Å². The minimum absolute atomic E-state index is 0.0550. The van der Waals surface area contributed by atoms with E-state index in [1.165, 1.54) is 0 Å². The summed E-state index contributed by atoms with van der Waals surface area (Å²) in [7, 11) is 1.74. The van der Waals surface area contributed by atoms with Crippen LogP contribution in [0.1, 0.15) is 20.3 Å². The summed E-state index contributed by atoms with van der Waals surface area (Å²) in [6, 6.07) is 3.14. The van der Waals surface area contributed by atoms with Crippen LogP contribution in [0.15, 0.2) is 24.5 Å². The van der Waals surface area contributed by atoms with Crippen molar-refractivity contribution >= 4 is 11.6 Å². The topological polar surface area (TPSA) is 59.2 Å². The Kier molecular flexibility index (Phi) is 4.43. The molecular weight excluding hydrogens is 202 g/mol. The molecule has 1 amide bonds. The molecule has 4 heteroatoms. The number of hydrogen-bond donors (Lipinski definition) is 1. The maximum absolute atomic E-state index is 12.0. The molecule has 1 rings (SSSR count). The molecular formula is C12H19N3O. The zero-order valence-corrected chi connectivity index (χ0v) is 10.1. The van der Waals surface area contributed by atoms with Crippen molar-refractivity contribution in [2.75, 3.05) is 11.9 Å². The Hall–Kier alpha value is -1.42. The molecule has 4 nitrogen and oxygen atoms in total. The molecule has 2 atom stereocenters. The molecule has 0 saturated heterocycles. The maximum atomic E-state index is 12.0. The molecule has 2 N–H and O–H groups in total. The molecule has 0 spiro atoms. The van der Waals surface area contributed by atoms with Gasteiger partial charge in [-0.25, -0.2) is 0 Å². The lowest BCUT2D eigenvalue weighted by Crippen LogP contribution is -2.45. The van der Waals surface area contributed by atoms with Crippen LogP contribution in [0, 0.1) is 5.92 Å². The lowest BCUT2D eigenvalue weighted by molar-refractivity contribution is -0.120. The Labute approximate surface area is 96.5 Å². The number of likely N-dealkylation sites (N-methyl/N-ethyl adjacent to an activating group) is 1. The molecule has 0 bridgehead atoms. The summed E-state index contributed by atoms with van der Waals surface area (Å²) in [6.45, 7) is 4.02. The number of carbonyl (C=O) groups excluding carboxylic acids is 1. The van der Waals surface area contributed by atoms with Gasteiger partial charge in [0, 0.05) is 25.1 Å². The minimum Gasteiger partial charge on any atom is -0.320 e. The fraction of sp³-hybridized carbons (Fsp3) is 0.500. The number of pyridine rings is 1. The number of anilines is 1. The third kappa shape index (κ3) is 2.79. The van der Waals surface area contributed by atoms with E-state index >= 15 is 0 Å². The van der Waals surface area contributed by atoms with Crippen LogP contribution < -0.4 is 10.6 Å². The van der Waals surface area contributed by atoms with Gasteiger partial charge in [-0.3, -0.25) is 9.78 Å². The van der Waals surface area contributed by atoms with E-state index in [-0.39, 0.29) is 11.8 Å². The highest BCUT2D eigenvalue weighted by molar-refractivity contribution is 5.96. The Balaban J connectivity index is 2.75. The lowest BCUT2D eigenvalue weighted by Gasteiger charge is -2.24. The second-order valence-electron chi connectivity index (χ2n) is 4.01. The third-order valence-electron chi connectivity index (χ3n) is 2.92. The average molecular weight is 221 g/mol. The van der Waals surface area contributed by atoms with E-state index in [4.69, 9.17) is 5.73 Å². The zero-order valence-electron chi connectivity index (χ0n) is 10.1. The molecule has 0 saturated carbocycles. The fourth-order valence-electron chi connectivity index (χ4n) is 1.42. The Morgan fingerprint density at radius 2 is 2.06 bits per heavy atom. The first-order chi connectivity index (χ1) is 7.57. The van der Waals surface area contributed by atoms with Crippen LogP contribution in [-0.2, 0) is 4.79 Å². The van der Waals surface area contributed by atoms with Crippen LogP contribution in [0.25, 0.3) is 0 Å². The van der Waals surface area contributed by atoms with Gasteiger partial charge in [0.2, 0.25) is 5.91 Å². The van der Waals surface area contributed by atoms with Crippen molar-refractivity contribution in [2.24, 2.45) is 11.7 Å². The number of rotatable bonds is 4. The molecule has 0 radical (unpaired) electrons. The molecule has 1 aromatic rings. The van der Waals surface area contributed by atoms with Crippen molar-refractivity contribution in [3.63, 3.8) is 0 Å². The third-order valence-corrected chi connectivity index (χ3v) is 2.92. The van der Waals surface area contributed by atoms with Gasteiger partial charge in [-0.05, 0) is 18.1 Å². The van der Waals surface area contributed by atoms with Gasteiger partial charge in [0.25, 0.3) is 0 Å². The van der Waals surface area contributed by atoms with E-state index in [2.05, 4.69) is 4.98 Å². The monoisotopic (exact) mass is 221 g/mol. The van der Waals surface area contributed by atoms with Gasteiger partial charge >= 0.3 is 0 Å². The Morgan fingerprint density at radius 3 is 2.56 bits per heavy atom. The van der Waals surface area contributed by atoms with Crippen LogP contribution >= 0.6 is 0 Å². The average Bonchev–Trinajstić information content (AvgIpc) is 2.36. The second-order valence-corrected chi connectivity index (χ2v) is 4.01. The molecule has 88 valence electrons. The second kappa shape index (κ2) is 5.61. The van der Waals surface area contributed by atoms with E-state index in [9.17, 15) is 4.79 Å². The van der Waals surface area contributed by atoms with Crippen LogP contribution in [0.4, 0.5) is 5.69 Å². The number of aromatic nitrogens is 1. The number of amides is 1. The highest BCUT2D eigenvalue weighted by Crippen LogP contribution is 2.14. The summed E-state index contributed by atoms with van der Waals surface area (Å²) in [5.74, 6) is 0.136. The summed E-state index contributed by atoms with van der Waals surface area (Å²) < 4.78 is 0. The summed E-state index contributed by atoms with van der Waals surface area (Å²) in [5, 5.41) is 0. The summed E-state index contributed by atoms with van der Waals surface area (Å²) in [5.41, 5.74) is 6.72. The van der Waals surface area contributed by atoms with Crippen LogP contribution in [0.2, 0.25) is 0 Å². The standard InChI is InChI=1S/C12H19N3O/c1-4-9(2)11(13)12(16)15(3)10-5-7-14-8-6-10/h5-9,11H,4,13H2,1-3H3. The fourth-order valence-corrected chi connectivity index (χ4v) is 1.42. The quantitative estimate of drug-likeness (QED) is 0.836. The van der Waals surface area contributed by atoms with E-state index in [1.807, 2.05) is 13.8 Å². The highest BCUT2D eigenvalue weighted by atomic mass is 16.2. The van der Waals surface area contributed by atoms with E-state index in [0.717, 1.165) is 12.1 Å². The van der Waals surface area contributed by atoms with Crippen molar-refractivity contribution in [2.45, 2.75) is 26.3 Å². The molecule has 0 aliphatic carbocycles. The van der Waals surface area contributed by atoms with Crippen LogP contribution in [-0.4, -0.2) is 24.0 Å². The van der Waals surface area contributed by atoms with Gasteiger partial charge in [0.15, 0.2) is 0 Å². The highest BCUT2D eigenvalue weighted by Gasteiger charge is 2.23. The molecule has 0 aliphatic rings. The molecule has 0 aromatic carbocycles. The number of nitrogens with two attached hydrogens (primary N) is 1. The Bertz CT molecular complexity index is 339.